The lowest BCUT2D eigenvalue weighted by Crippen LogP contribution is -2.48. The first-order chi connectivity index (χ1) is 16.5. The summed E-state index contributed by atoms with van der Waals surface area (Å²) in [5.74, 6) is -1.40. The summed E-state index contributed by atoms with van der Waals surface area (Å²) < 4.78 is 0.928. The minimum atomic E-state index is -1.02. The SMILES string of the molecule is O=C(Nc1nc(-c2cccc(Br)c2)cs1)C(Cc1ccccc1)N1C(=O)c2ccccc2C1=O. The fraction of sp³-hybridized carbons (Fsp3) is 0.0769. The van der Waals surface area contributed by atoms with Crippen molar-refractivity contribution >= 4 is 50.1 Å². The van der Waals surface area contributed by atoms with Crippen LogP contribution in [0.5, 0.6) is 0 Å². The molecule has 0 bridgehead atoms. The van der Waals surface area contributed by atoms with E-state index in [1.807, 2.05) is 60.0 Å². The van der Waals surface area contributed by atoms with Crippen LogP contribution in [0.25, 0.3) is 11.3 Å². The second-order valence-electron chi connectivity index (χ2n) is 7.77. The maximum absolute atomic E-state index is 13.4. The highest BCUT2D eigenvalue weighted by Crippen LogP contribution is 2.29. The fourth-order valence-electron chi connectivity index (χ4n) is 3.93. The van der Waals surface area contributed by atoms with Gasteiger partial charge in [-0.3, -0.25) is 19.3 Å². The number of carbonyl (C=O) groups excluding carboxylic acids is 3. The standard InChI is InChI=1S/C26H18BrN3O3S/c27-18-10-6-9-17(14-18)21-15-34-26(28-21)29-23(31)22(13-16-7-2-1-3-8-16)30-24(32)19-11-4-5-12-20(19)25(30)33/h1-12,14-15,22H,13H2,(H,28,29,31). The van der Waals surface area contributed by atoms with E-state index in [9.17, 15) is 14.4 Å². The monoisotopic (exact) mass is 531 g/mol. The lowest BCUT2D eigenvalue weighted by molar-refractivity contribution is -0.119. The van der Waals surface area contributed by atoms with E-state index in [0.717, 1.165) is 26.2 Å². The molecule has 3 amide bonds. The average molecular weight is 532 g/mol. The van der Waals surface area contributed by atoms with Crippen molar-refractivity contribution in [3.63, 3.8) is 0 Å². The molecule has 34 heavy (non-hydrogen) atoms. The number of carbonyl (C=O) groups is 3. The van der Waals surface area contributed by atoms with Gasteiger partial charge in [0.05, 0.1) is 16.8 Å². The molecule has 1 aromatic heterocycles. The summed E-state index contributed by atoms with van der Waals surface area (Å²) in [6.45, 7) is 0. The normalized spacial score (nSPS) is 13.6. The summed E-state index contributed by atoms with van der Waals surface area (Å²) in [4.78, 5) is 45.3. The highest BCUT2D eigenvalue weighted by molar-refractivity contribution is 9.10. The third kappa shape index (κ3) is 4.30. The maximum atomic E-state index is 13.4. The molecule has 0 saturated heterocycles. The number of imide groups is 1. The lowest BCUT2D eigenvalue weighted by atomic mass is 10.0. The van der Waals surface area contributed by atoms with Gasteiger partial charge in [-0.1, -0.05) is 70.5 Å². The minimum absolute atomic E-state index is 0.196. The Morgan fingerprint density at radius 1 is 0.941 bits per heavy atom. The van der Waals surface area contributed by atoms with Crippen molar-refractivity contribution in [2.24, 2.45) is 0 Å². The zero-order valence-corrected chi connectivity index (χ0v) is 20.2. The van der Waals surface area contributed by atoms with Gasteiger partial charge in [0.15, 0.2) is 5.13 Å². The molecule has 8 heteroatoms. The number of thiazole rings is 1. The van der Waals surface area contributed by atoms with Crippen molar-refractivity contribution in [1.82, 2.24) is 9.88 Å². The van der Waals surface area contributed by atoms with Crippen molar-refractivity contribution in [3.8, 4) is 11.3 Å². The maximum Gasteiger partial charge on any atom is 0.262 e. The predicted octanol–water partition coefficient (Wildman–Crippen LogP) is 5.42. The van der Waals surface area contributed by atoms with E-state index < -0.39 is 23.8 Å². The first-order valence-electron chi connectivity index (χ1n) is 10.5. The molecule has 1 aliphatic rings. The number of fused-ring (bicyclic) bond motifs is 1. The fourth-order valence-corrected chi connectivity index (χ4v) is 5.05. The third-order valence-corrected chi connectivity index (χ3v) is 6.82. The number of hydrogen-bond acceptors (Lipinski definition) is 5. The molecule has 2 heterocycles. The molecule has 0 aliphatic carbocycles. The molecule has 1 unspecified atom stereocenters. The van der Waals surface area contributed by atoms with Crippen molar-refractivity contribution in [2.75, 3.05) is 5.32 Å². The molecule has 3 aromatic carbocycles. The Kier molecular flexibility index (Phi) is 6.08. The molecule has 0 fully saturated rings. The molecular formula is C26H18BrN3O3S. The number of amides is 3. The van der Waals surface area contributed by atoms with Gasteiger partial charge in [0, 0.05) is 21.8 Å². The zero-order chi connectivity index (χ0) is 23.7. The van der Waals surface area contributed by atoms with Crippen LogP contribution in [0.2, 0.25) is 0 Å². The van der Waals surface area contributed by atoms with Crippen molar-refractivity contribution in [1.29, 1.82) is 0 Å². The van der Waals surface area contributed by atoms with Gasteiger partial charge in [0.2, 0.25) is 5.91 Å². The Morgan fingerprint density at radius 2 is 1.62 bits per heavy atom. The molecule has 4 aromatic rings. The van der Waals surface area contributed by atoms with Crippen molar-refractivity contribution in [2.45, 2.75) is 12.5 Å². The number of halogens is 1. The second kappa shape index (κ2) is 9.32. The summed E-state index contributed by atoms with van der Waals surface area (Å²) in [6, 6.07) is 22.7. The quantitative estimate of drug-likeness (QED) is 0.337. The Balaban J connectivity index is 1.44. The Labute approximate surface area is 208 Å². The Morgan fingerprint density at radius 3 is 2.29 bits per heavy atom. The van der Waals surface area contributed by atoms with Crippen LogP contribution in [0, 0.1) is 0 Å². The molecule has 168 valence electrons. The van der Waals surface area contributed by atoms with Gasteiger partial charge in [-0.05, 0) is 29.8 Å². The number of hydrogen-bond donors (Lipinski definition) is 1. The first kappa shape index (κ1) is 22.2. The van der Waals surface area contributed by atoms with E-state index in [-0.39, 0.29) is 6.42 Å². The highest BCUT2D eigenvalue weighted by atomic mass is 79.9. The van der Waals surface area contributed by atoms with E-state index in [4.69, 9.17) is 0 Å². The second-order valence-corrected chi connectivity index (χ2v) is 9.54. The minimum Gasteiger partial charge on any atom is -0.300 e. The van der Waals surface area contributed by atoms with E-state index in [0.29, 0.717) is 16.3 Å². The van der Waals surface area contributed by atoms with Gasteiger partial charge in [-0.25, -0.2) is 4.98 Å². The lowest BCUT2D eigenvalue weighted by Gasteiger charge is -2.25. The summed E-state index contributed by atoms with van der Waals surface area (Å²) in [6.07, 6.45) is 0.196. The van der Waals surface area contributed by atoms with Crippen LogP contribution in [0.4, 0.5) is 5.13 Å². The number of anilines is 1. The number of aromatic nitrogens is 1. The summed E-state index contributed by atoms with van der Waals surface area (Å²) in [7, 11) is 0. The molecule has 1 N–H and O–H groups in total. The van der Waals surface area contributed by atoms with Gasteiger partial charge in [-0.2, -0.15) is 0 Å². The summed E-state index contributed by atoms with van der Waals surface area (Å²) in [5, 5.41) is 5.07. The van der Waals surface area contributed by atoms with Crippen LogP contribution in [0.3, 0.4) is 0 Å². The number of nitrogens with zero attached hydrogens (tertiary/aromatic N) is 2. The van der Waals surface area contributed by atoms with Gasteiger partial charge < -0.3 is 5.32 Å². The number of rotatable bonds is 6. The number of benzene rings is 3. The van der Waals surface area contributed by atoms with E-state index >= 15 is 0 Å². The van der Waals surface area contributed by atoms with Gasteiger partial charge in [0.25, 0.3) is 11.8 Å². The van der Waals surface area contributed by atoms with Crippen LogP contribution in [0.1, 0.15) is 26.3 Å². The molecule has 1 atom stereocenters. The van der Waals surface area contributed by atoms with Gasteiger partial charge in [-0.15, -0.1) is 11.3 Å². The van der Waals surface area contributed by atoms with Crippen LogP contribution in [-0.4, -0.2) is 33.6 Å². The molecular weight excluding hydrogens is 514 g/mol. The third-order valence-electron chi connectivity index (χ3n) is 5.57. The summed E-state index contributed by atoms with van der Waals surface area (Å²) >= 11 is 4.74. The van der Waals surface area contributed by atoms with Crippen LogP contribution in [-0.2, 0) is 11.2 Å². The van der Waals surface area contributed by atoms with Crippen molar-refractivity contribution < 1.29 is 14.4 Å². The molecule has 1 aliphatic heterocycles. The predicted molar refractivity (Wildman–Crippen MR) is 135 cm³/mol. The Hall–Kier alpha value is -3.62. The molecule has 5 rings (SSSR count). The van der Waals surface area contributed by atoms with Crippen LogP contribution < -0.4 is 5.32 Å². The van der Waals surface area contributed by atoms with Gasteiger partial charge >= 0.3 is 0 Å². The average Bonchev–Trinajstić information content (AvgIpc) is 3.41. The first-order valence-corrected chi connectivity index (χ1v) is 12.2. The van der Waals surface area contributed by atoms with Crippen LogP contribution >= 0.6 is 27.3 Å². The van der Waals surface area contributed by atoms with Gasteiger partial charge in [0.1, 0.15) is 6.04 Å². The molecule has 0 radical (unpaired) electrons. The largest absolute Gasteiger partial charge is 0.300 e. The van der Waals surface area contributed by atoms with Crippen molar-refractivity contribution in [3.05, 3.63) is 105 Å². The zero-order valence-electron chi connectivity index (χ0n) is 17.8. The molecule has 0 saturated carbocycles. The molecule has 0 spiro atoms. The summed E-state index contributed by atoms with van der Waals surface area (Å²) in [5.41, 5.74) is 3.09. The molecule has 6 nitrogen and oxygen atoms in total. The number of nitrogens with one attached hydrogen (secondary N) is 1. The van der Waals surface area contributed by atoms with E-state index in [1.54, 1.807) is 24.3 Å². The van der Waals surface area contributed by atoms with E-state index in [1.165, 1.54) is 11.3 Å². The van der Waals surface area contributed by atoms with E-state index in [2.05, 4.69) is 26.2 Å². The highest BCUT2D eigenvalue weighted by Gasteiger charge is 2.42. The van der Waals surface area contributed by atoms with Crippen LogP contribution in [0.15, 0.2) is 88.7 Å². The smallest absolute Gasteiger partial charge is 0.262 e. The Bertz CT molecular complexity index is 1370. The topological polar surface area (TPSA) is 79.4 Å².